The maximum Gasteiger partial charge on any atom is 0.248 e. The summed E-state index contributed by atoms with van der Waals surface area (Å²) in [6.07, 6.45) is 2.06. The lowest BCUT2D eigenvalue weighted by Gasteiger charge is -2.39. The maximum atomic E-state index is 13.2. The van der Waals surface area contributed by atoms with Crippen molar-refractivity contribution in [1.29, 1.82) is 0 Å². The fraction of sp³-hybridized carbons (Fsp3) is 0.583. The zero-order valence-corrected chi connectivity index (χ0v) is 10.2. The van der Waals surface area contributed by atoms with E-state index in [1.54, 1.807) is 12.3 Å². The predicted molar refractivity (Wildman–Crippen MR) is 63.4 cm³/mol. The van der Waals surface area contributed by atoms with Crippen LogP contribution in [0.2, 0.25) is 5.15 Å². The summed E-state index contributed by atoms with van der Waals surface area (Å²) in [4.78, 5) is 4.01. The van der Waals surface area contributed by atoms with E-state index in [1.807, 2.05) is 6.07 Å². The van der Waals surface area contributed by atoms with E-state index in [4.69, 9.17) is 17.3 Å². The largest absolute Gasteiger partial charge is 0.330 e. The molecule has 1 heterocycles. The standard InChI is InChI=1S/C12H15ClF2N2/c13-10-9(2-1-7-17-10)11(8-16)3-5-12(14,15)6-4-11/h1-2,7H,3-6,8,16H2. The highest BCUT2D eigenvalue weighted by Gasteiger charge is 2.44. The van der Waals surface area contributed by atoms with Crippen LogP contribution in [0.3, 0.4) is 0 Å². The Labute approximate surface area is 104 Å². The van der Waals surface area contributed by atoms with E-state index in [9.17, 15) is 8.78 Å². The monoisotopic (exact) mass is 260 g/mol. The van der Waals surface area contributed by atoms with Gasteiger partial charge in [-0.25, -0.2) is 13.8 Å². The molecule has 5 heteroatoms. The summed E-state index contributed by atoms with van der Waals surface area (Å²) in [6, 6.07) is 3.61. The molecule has 0 atom stereocenters. The Bertz CT molecular complexity index is 399. The molecule has 1 saturated carbocycles. The van der Waals surface area contributed by atoms with Crippen LogP contribution in [-0.4, -0.2) is 17.5 Å². The first-order chi connectivity index (χ1) is 7.99. The molecule has 1 aromatic heterocycles. The Morgan fingerprint density at radius 3 is 2.47 bits per heavy atom. The second kappa shape index (κ2) is 4.50. The van der Waals surface area contributed by atoms with Crippen molar-refractivity contribution in [3.63, 3.8) is 0 Å². The van der Waals surface area contributed by atoms with Gasteiger partial charge in [0.05, 0.1) is 0 Å². The highest BCUT2D eigenvalue weighted by atomic mass is 35.5. The van der Waals surface area contributed by atoms with Crippen LogP contribution >= 0.6 is 11.6 Å². The van der Waals surface area contributed by atoms with Crippen molar-refractivity contribution in [3.05, 3.63) is 29.0 Å². The summed E-state index contributed by atoms with van der Waals surface area (Å²) in [7, 11) is 0. The molecule has 0 aliphatic heterocycles. The Kier molecular flexibility index (Phi) is 3.36. The summed E-state index contributed by atoms with van der Waals surface area (Å²) >= 11 is 6.04. The van der Waals surface area contributed by atoms with Crippen LogP contribution in [-0.2, 0) is 5.41 Å². The minimum atomic E-state index is -2.56. The number of alkyl halides is 2. The molecular formula is C12H15ClF2N2. The minimum Gasteiger partial charge on any atom is -0.330 e. The Balaban J connectivity index is 2.31. The van der Waals surface area contributed by atoms with Gasteiger partial charge in [0.25, 0.3) is 0 Å². The van der Waals surface area contributed by atoms with Gasteiger partial charge in [-0.1, -0.05) is 17.7 Å². The van der Waals surface area contributed by atoms with Gasteiger partial charge in [-0.2, -0.15) is 0 Å². The molecule has 1 aliphatic rings. The topological polar surface area (TPSA) is 38.9 Å². The lowest BCUT2D eigenvalue weighted by atomic mass is 9.69. The lowest BCUT2D eigenvalue weighted by Crippen LogP contribution is -2.42. The third-order valence-corrected chi connectivity index (χ3v) is 3.96. The molecule has 0 saturated heterocycles. The molecule has 94 valence electrons. The van der Waals surface area contributed by atoms with Crippen molar-refractivity contribution in [2.45, 2.75) is 37.0 Å². The first kappa shape index (κ1) is 12.7. The van der Waals surface area contributed by atoms with Crippen LogP contribution in [0.4, 0.5) is 8.78 Å². The van der Waals surface area contributed by atoms with Gasteiger partial charge in [-0.15, -0.1) is 0 Å². The molecule has 2 rings (SSSR count). The van der Waals surface area contributed by atoms with Crippen LogP contribution in [0.1, 0.15) is 31.2 Å². The molecule has 2 N–H and O–H groups in total. The Hall–Kier alpha value is -0.740. The van der Waals surface area contributed by atoms with E-state index in [2.05, 4.69) is 4.98 Å². The predicted octanol–water partition coefficient (Wildman–Crippen LogP) is 3.14. The first-order valence-corrected chi connectivity index (χ1v) is 6.06. The molecule has 0 aromatic carbocycles. The summed E-state index contributed by atoms with van der Waals surface area (Å²) in [6.45, 7) is 0.328. The van der Waals surface area contributed by atoms with Crippen molar-refractivity contribution < 1.29 is 8.78 Å². The molecule has 1 aliphatic carbocycles. The SMILES string of the molecule is NCC1(c2cccnc2Cl)CCC(F)(F)CC1. The fourth-order valence-electron chi connectivity index (χ4n) is 2.46. The molecule has 1 aromatic rings. The van der Waals surface area contributed by atoms with E-state index >= 15 is 0 Å². The van der Waals surface area contributed by atoms with Gasteiger partial charge in [-0.3, -0.25) is 0 Å². The van der Waals surface area contributed by atoms with Crippen LogP contribution in [0.25, 0.3) is 0 Å². The van der Waals surface area contributed by atoms with Crippen LogP contribution in [0, 0.1) is 0 Å². The van der Waals surface area contributed by atoms with Gasteiger partial charge in [0.15, 0.2) is 0 Å². The Morgan fingerprint density at radius 2 is 1.94 bits per heavy atom. The number of aromatic nitrogens is 1. The molecule has 0 amide bonds. The van der Waals surface area contributed by atoms with Gasteiger partial charge in [0.1, 0.15) is 5.15 Å². The molecule has 2 nitrogen and oxygen atoms in total. The minimum absolute atomic E-state index is 0.130. The van der Waals surface area contributed by atoms with Crippen molar-refractivity contribution in [2.24, 2.45) is 5.73 Å². The molecule has 0 radical (unpaired) electrons. The highest BCUT2D eigenvalue weighted by Crippen LogP contribution is 2.46. The second-order valence-electron chi connectivity index (χ2n) is 4.68. The molecule has 1 fully saturated rings. The second-order valence-corrected chi connectivity index (χ2v) is 5.04. The fourth-order valence-corrected chi connectivity index (χ4v) is 2.78. The number of pyridine rings is 1. The Morgan fingerprint density at radius 1 is 1.29 bits per heavy atom. The van der Waals surface area contributed by atoms with E-state index in [-0.39, 0.29) is 12.8 Å². The van der Waals surface area contributed by atoms with Gasteiger partial charge < -0.3 is 5.73 Å². The van der Waals surface area contributed by atoms with E-state index in [0.717, 1.165) is 5.56 Å². The summed E-state index contributed by atoms with van der Waals surface area (Å²) in [5.41, 5.74) is 6.16. The summed E-state index contributed by atoms with van der Waals surface area (Å²) < 4.78 is 26.4. The third kappa shape index (κ3) is 2.43. The van der Waals surface area contributed by atoms with Gasteiger partial charge in [0, 0.05) is 31.0 Å². The van der Waals surface area contributed by atoms with Crippen molar-refractivity contribution in [3.8, 4) is 0 Å². The highest BCUT2D eigenvalue weighted by molar-refractivity contribution is 6.30. The average Bonchev–Trinajstić information content (AvgIpc) is 2.31. The van der Waals surface area contributed by atoms with Crippen molar-refractivity contribution in [1.82, 2.24) is 4.98 Å². The summed E-state index contributed by atoms with van der Waals surface area (Å²) in [5.74, 6) is -2.56. The van der Waals surface area contributed by atoms with Crippen molar-refractivity contribution >= 4 is 11.6 Å². The van der Waals surface area contributed by atoms with Crippen LogP contribution in [0.15, 0.2) is 18.3 Å². The smallest absolute Gasteiger partial charge is 0.248 e. The zero-order chi connectivity index (χ0) is 12.5. The summed E-state index contributed by atoms with van der Waals surface area (Å²) in [5, 5.41) is 0.378. The molecule has 0 unspecified atom stereocenters. The van der Waals surface area contributed by atoms with Crippen LogP contribution in [0.5, 0.6) is 0 Å². The molecule has 17 heavy (non-hydrogen) atoms. The molecular weight excluding hydrogens is 246 g/mol. The number of nitrogens with zero attached hydrogens (tertiary/aromatic N) is 1. The van der Waals surface area contributed by atoms with Crippen molar-refractivity contribution in [2.75, 3.05) is 6.54 Å². The van der Waals surface area contributed by atoms with Gasteiger partial charge in [-0.05, 0) is 24.5 Å². The van der Waals surface area contributed by atoms with E-state index < -0.39 is 11.3 Å². The molecule has 0 spiro atoms. The van der Waals surface area contributed by atoms with E-state index in [0.29, 0.717) is 24.5 Å². The lowest BCUT2D eigenvalue weighted by molar-refractivity contribution is -0.0509. The first-order valence-electron chi connectivity index (χ1n) is 5.68. The number of hydrogen-bond acceptors (Lipinski definition) is 2. The normalized spacial score (nSPS) is 22.4. The average molecular weight is 261 g/mol. The zero-order valence-electron chi connectivity index (χ0n) is 9.43. The third-order valence-electron chi connectivity index (χ3n) is 3.66. The number of rotatable bonds is 2. The number of halogens is 3. The maximum absolute atomic E-state index is 13.2. The van der Waals surface area contributed by atoms with Gasteiger partial charge in [0.2, 0.25) is 5.92 Å². The molecule has 0 bridgehead atoms. The van der Waals surface area contributed by atoms with E-state index in [1.165, 1.54) is 0 Å². The van der Waals surface area contributed by atoms with Gasteiger partial charge >= 0.3 is 0 Å². The van der Waals surface area contributed by atoms with Crippen LogP contribution < -0.4 is 5.73 Å². The quantitative estimate of drug-likeness (QED) is 0.830. The number of nitrogens with two attached hydrogens (primary N) is 1. The number of hydrogen-bond donors (Lipinski definition) is 1.